The summed E-state index contributed by atoms with van der Waals surface area (Å²) in [4.78, 5) is 0. The summed E-state index contributed by atoms with van der Waals surface area (Å²) in [7, 11) is 0. The highest BCUT2D eigenvalue weighted by molar-refractivity contribution is 6.12. The molecule has 266 valence electrons. The minimum Gasteiger partial charge on any atom is -0.309 e. The van der Waals surface area contributed by atoms with Gasteiger partial charge in [-0.15, -0.1) is 0 Å². The van der Waals surface area contributed by atoms with Crippen molar-refractivity contribution in [2.24, 2.45) is 0 Å². The molecule has 2 nitrogen and oxygen atoms in total. The molecule has 11 aromatic rings. The van der Waals surface area contributed by atoms with E-state index in [1.54, 1.807) is 0 Å². The normalized spacial score (nSPS) is 13.1. The van der Waals surface area contributed by atoms with Crippen molar-refractivity contribution in [1.29, 1.82) is 0 Å². The Bertz CT molecular complexity index is 3300. The Morgan fingerprint density at radius 3 is 1.51 bits per heavy atom. The molecule has 0 N–H and O–H groups in total. The number of aromatic nitrogens is 2. The van der Waals surface area contributed by atoms with Crippen molar-refractivity contribution >= 4 is 43.6 Å². The maximum Gasteiger partial charge on any atom is 0.0733 e. The molecule has 0 saturated heterocycles. The van der Waals surface area contributed by atoms with Crippen LogP contribution < -0.4 is 0 Å². The second kappa shape index (κ2) is 12.3. The van der Waals surface area contributed by atoms with Gasteiger partial charge in [-0.25, -0.2) is 0 Å². The van der Waals surface area contributed by atoms with Crippen LogP contribution in [0, 0.1) is 0 Å². The van der Waals surface area contributed by atoms with Crippen molar-refractivity contribution in [3.05, 3.63) is 241 Å². The SMILES string of the molecule is c1ccc(-n2c3ccccc3c3cc(-c4ccc5c6ccccc6n(-c6ccccc6C6(c7ccccc7)c7ccccc7-c7ccccc76)c5c4)ccc32)cc1. The summed E-state index contributed by atoms with van der Waals surface area (Å²) in [5.74, 6) is 0. The van der Waals surface area contributed by atoms with Crippen LogP contribution in [0.15, 0.2) is 218 Å². The molecule has 0 bridgehead atoms. The molecule has 0 spiro atoms. The van der Waals surface area contributed by atoms with E-state index < -0.39 is 5.41 Å². The fourth-order valence-corrected chi connectivity index (χ4v) is 10.1. The first kappa shape index (κ1) is 31.9. The van der Waals surface area contributed by atoms with E-state index in [1.165, 1.54) is 99.5 Å². The lowest BCUT2D eigenvalue weighted by atomic mass is 9.67. The zero-order valence-corrected chi connectivity index (χ0v) is 31.2. The Morgan fingerprint density at radius 1 is 0.298 bits per heavy atom. The predicted molar refractivity (Wildman–Crippen MR) is 238 cm³/mol. The van der Waals surface area contributed by atoms with E-state index in [4.69, 9.17) is 0 Å². The van der Waals surface area contributed by atoms with E-state index in [0.717, 1.165) is 0 Å². The van der Waals surface area contributed by atoms with Gasteiger partial charge in [-0.3, -0.25) is 0 Å². The fraction of sp³-hybridized carbons (Fsp3) is 0.0182. The van der Waals surface area contributed by atoms with Crippen LogP contribution >= 0.6 is 0 Å². The molecule has 57 heavy (non-hydrogen) atoms. The van der Waals surface area contributed by atoms with E-state index in [0.29, 0.717) is 0 Å². The number of para-hydroxylation sites is 4. The van der Waals surface area contributed by atoms with E-state index in [1.807, 2.05) is 0 Å². The molecule has 0 atom stereocenters. The van der Waals surface area contributed by atoms with Crippen molar-refractivity contribution in [3.8, 4) is 33.6 Å². The monoisotopic (exact) mass is 724 g/mol. The van der Waals surface area contributed by atoms with E-state index in [9.17, 15) is 0 Å². The average molecular weight is 725 g/mol. The molecule has 9 aromatic carbocycles. The third-order valence-electron chi connectivity index (χ3n) is 12.4. The second-order valence-corrected chi connectivity index (χ2v) is 15.2. The third-order valence-corrected chi connectivity index (χ3v) is 12.4. The summed E-state index contributed by atoms with van der Waals surface area (Å²) in [6.07, 6.45) is 0. The molecule has 1 aliphatic rings. The molecular weight excluding hydrogens is 689 g/mol. The first-order valence-corrected chi connectivity index (χ1v) is 19.8. The molecule has 12 rings (SSSR count). The van der Waals surface area contributed by atoms with Gasteiger partial charge in [0.15, 0.2) is 0 Å². The molecule has 0 saturated carbocycles. The highest BCUT2D eigenvalue weighted by atomic mass is 15.0. The zero-order valence-electron chi connectivity index (χ0n) is 31.2. The minimum absolute atomic E-state index is 0.529. The summed E-state index contributed by atoms with van der Waals surface area (Å²) < 4.78 is 4.91. The van der Waals surface area contributed by atoms with Gasteiger partial charge in [0.2, 0.25) is 0 Å². The molecule has 0 radical (unpaired) electrons. The lowest BCUT2D eigenvalue weighted by molar-refractivity contribution is 0.761. The maximum absolute atomic E-state index is 2.53. The molecule has 0 fully saturated rings. The number of benzene rings is 9. The largest absolute Gasteiger partial charge is 0.309 e. The summed E-state index contributed by atoms with van der Waals surface area (Å²) in [6.45, 7) is 0. The van der Waals surface area contributed by atoms with Crippen LogP contribution in [-0.4, -0.2) is 9.13 Å². The summed E-state index contributed by atoms with van der Waals surface area (Å²) in [6, 6.07) is 80.6. The molecule has 0 unspecified atom stereocenters. The molecule has 2 aromatic heterocycles. The van der Waals surface area contributed by atoms with Crippen molar-refractivity contribution in [2.45, 2.75) is 5.41 Å². The van der Waals surface area contributed by atoms with Gasteiger partial charge in [0, 0.05) is 27.2 Å². The van der Waals surface area contributed by atoms with Gasteiger partial charge in [-0.1, -0.05) is 170 Å². The van der Waals surface area contributed by atoms with E-state index in [2.05, 4.69) is 228 Å². The minimum atomic E-state index is -0.529. The van der Waals surface area contributed by atoms with Crippen LogP contribution in [0.1, 0.15) is 22.3 Å². The molecular formula is C55H36N2. The van der Waals surface area contributed by atoms with Gasteiger partial charge in [0.25, 0.3) is 0 Å². The molecule has 2 heteroatoms. The third kappa shape index (κ3) is 4.47. The molecule has 1 aliphatic carbocycles. The molecule has 0 amide bonds. The van der Waals surface area contributed by atoms with Crippen molar-refractivity contribution in [3.63, 3.8) is 0 Å². The van der Waals surface area contributed by atoms with Gasteiger partial charge in [0.1, 0.15) is 0 Å². The van der Waals surface area contributed by atoms with Gasteiger partial charge in [-0.2, -0.15) is 0 Å². The Kier molecular flexibility index (Phi) is 6.88. The maximum atomic E-state index is 2.53. The number of hydrogen-bond acceptors (Lipinski definition) is 0. The Hall–Kier alpha value is -7.42. The summed E-state index contributed by atoms with van der Waals surface area (Å²) >= 11 is 0. The fourth-order valence-electron chi connectivity index (χ4n) is 10.1. The van der Waals surface area contributed by atoms with E-state index >= 15 is 0 Å². The highest BCUT2D eigenvalue weighted by Crippen LogP contribution is 2.57. The zero-order chi connectivity index (χ0) is 37.5. The number of hydrogen-bond donors (Lipinski definition) is 0. The highest BCUT2D eigenvalue weighted by Gasteiger charge is 2.47. The van der Waals surface area contributed by atoms with E-state index in [-0.39, 0.29) is 0 Å². The molecule has 2 heterocycles. The Labute approximate surface area is 331 Å². The smallest absolute Gasteiger partial charge is 0.0733 e. The van der Waals surface area contributed by atoms with Crippen molar-refractivity contribution in [1.82, 2.24) is 9.13 Å². The van der Waals surface area contributed by atoms with Crippen LogP contribution in [0.4, 0.5) is 0 Å². The Morgan fingerprint density at radius 2 is 0.789 bits per heavy atom. The average Bonchev–Trinajstić information content (AvgIpc) is 3.91. The van der Waals surface area contributed by atoms with Gasteiger partial charge >= 0.3 is 0 Å². The Balaban J connectivity index is 1.13. The summed E-state index contributed by atoms with van der Waals surface area (Å²) in [5, 5.41) is 5.00. The van der Waals surface area contributed by atoms with Crippen LogP contribution in [0.2, 0.25) is 0 Å². The number of nitrogens with zero attached hydrogens (tertiary/aromatic N) is 2. The quantitative estimate of drug-likeness (QED) is 0.167. The van der Waals surface area contributed by atoms with Gasteiger partial charge in [-0.05, 0) is 93.0 Å². The lowest BCUT2D eigenvalue weighted by Gasteiger charge is -2.35. The molecule has 0 aliphatic heterocycles. The lowest BCUT2D eigenvalue weighted by Crippen LogP contribution is -2.30. The van der Waals surface area contributed by atoms with Crippen molar-refractivity contribution in [2.75, 3.05) is 0 Å². The van der Waals surface area contributed by atoms with Gasteiger partial charge < -0.3 is 9.13 Å². The van der Waals surface area contributed by atoms with Crippen LogP contribution in [-0.2, 0) is 5.41 Å². The predicted octanol–water partition coefficient (Wildman–Crippen LogP) is 13.9. The number of fused-ring (bicyclic) bond motifs is 9. The summed E-state index contributed by atoms with van der Waals surface area (Å²) in [5.41, 5.74) is 16.8. The second-order valence-electron chi connectivity index (χ2n) is 15.2. The van der Waals surface area contributed by atoms with Gasteiger partial charge in [0.05, 0.1) is 33.2 Å². The number of rotatable bonds is 5. The van der Waals surface area contributed by atoms with Crippen LogP contribution in [0.3, 0.4) is 0 Å². The van der Waals surface area contributed by atoms with Crippen LogP contribution in [0.5, 0.6) is 0 Å². The van der Waals surface area contributed by atoms with Crippen LogP contribution in [0.25, 0.3) is 77.2 Å². The van der Waals surface area contributed by atoms with Crippen molar-refractivity contribution < 1.29 is 0 Å². The first-order valence-electron chi connectivity index (χ1n) is 19.8. The topological polar surface area (TPSA) is 9.86 Å². The first-order chi connectivity index (χ1) is 28.3. The standard InChI is InChI=1S/C55H36N2/c1-3-17-39(18-4-1)55(47-25-11-7-21-41(47)42-22-8-12-26-48(42)55)49-27-13-16-30-53(49)57-51-29-15-9-23-43(51)45-33-31-38(36-54(45)57)37-32-34-52-46(35-37)44-24-10-14-28-50(44)56(52)40-19-5-2-6-20-40/h1-36H.